The van der Waals surface area contributed by atoms with Crippen molar-refractivity contribution in [2.45, 2.75) is 25.4 Å². The van der Waals surface area contributed by atoms with Crippen molar-refractivity contribution in [2.75, 3.05) is 19.6 Å². The van der Waals surface area contributed by atoms with Gasteiger partial charge in [-0.1, -0.05) is 60.7 Å². The van der Waals surface area contributed by atoms with E-state index in [1.165, 1.54) is 5.56 Å². The third-order valence-corrected chi connectivity index (χ3v) is 4.95. The van der Waals surface area contributed by atoms with Gasteiger partial charge in [-0.25, -0.2) is 4.79 Å². The van der Waals surface area contributed by atoms with E-state index in [4.69, 9.17) is 0 Å². The van der Waals surface area contributed by atoms with Gasteiger partial charge in [-0.3, -0.25) is 0 Å². The molecule has 0 bridgehead atoms. The zero-order valence-electron chi connectivity index (χ0n) is 14.5. The molecule has 4 nitrogen and oxygen atoms in total. The molecule has 1 aliphatic heterocycles. The van der Waals surface area contributed by atoms with Crippen LogP contribution in [-0.2, 0) is 6.42 Å². The van der Waals surface area contributed by atoms with Gasteiger partial charge in [0.05, 0.1) is 6.10 Å². The number of hydrogen-bond donors (Lipinski definition) is 2. The highest BCUT2D eigenvalue weighted by Crippen LogP contribution is 2.30. The summed E-state index contributed by atoms with van der Waals surface area (Å²) in [6.45, 7) is 2.05. The molecular weight excluding hydrogens is 312 g/mol. The Hall–Kier alpha value is -2.33. The molecule has 132 valence electrons. The Balaban J connectivity index is 1.41. The number of rotatable bonds is 5. The van der Waals surface area contributed by atoms with Crippen molar-refractivity contribution >= 4 is 6.03 Å². The number of carbonyl (C=O) groups is 1. The minimum absolute atomic E-state index is 0.00332. The van der Waals surface area contributed by atoms with Crippen LogP contribution in [-0.4, -0.2) is 35.7 Å². The molecule has 0 aromatic heterocycles. The van der Waals surface area contributed by atoms with Gasteiger partial charge in [-0.05, 0) is 36.3 Å². The molecule has 1 aliphatic rings. The van der Waals surface area contributed by atoms with Gasteiger partial charge in [-0.2, -0.15) is 0 Å². The molecule has 1 fully saturated rings. The van der Waals surface area contributed by atoms with Crippen LogP contribution < -0.4 is 5.32 Å². The molecule has 1 unspecified atom stereocenters. The zero-order chi connectivity index (χ0) is 17.5. The van der Waals surface area contributed by atoms with Crippen molar-refractivity contribution in [3.05, 3.63) is 71.8 Å². The van der Waals surface area contributed by atoms with Gasteiger partial charge < -0.3 is 15.3 Å². The number of urea groups is 1. The zero-order valence-corrected chi connectivity index (χ0v) is 14.5. The number of hydrogen-bond acceptors (Lipinski definition) is 2. The Morgan fingerprint density at radius 3 is 2.28 bits per heavy atom. The smallest absolute Gasteiger partial charge is 0.317 e. The second kappa shape index (κ2) is 8.67. The van der Waals surface area contributed by atoms with E-state index in [1.807, 2.05) is 53.4 Å². The number of amides is 2. The molecule has 2 aromatic carbocycles. The van der Waals surface area contributed by atoms with Crippen LogP contribution in [0.3, 0.4) is 0 Å². The summed E-state index contributed by atoms with van der Waals surface area (Å²) >= 11 is 0. The monoisotopic (exact) mass is 338 g/mol. The van der Waals surface area contributed by atoms with E-state index in [2.05, 4.69) is 17.4 Å². The summed E-state index contributed by atoms with van der Waals surface area (Å²) in [4.78, 5) is 14.1. The summed E-state index contributed by atoms with van der Waals surface area (Å²) in [5, 5.41) is 13.5. The molecule has 1 saturated heterocycles. The van der Waals surface area contributed by atoms with Gasteiger partial charge in [-0.15, -0.1) is 0 Å². The topological polar surface area (TPSA) is 52.6 Å². The standard InChI is InChI=1S/C21H26N2O2/c24-20(18-9-5-2-6-10-18)19-12-15-23(16-13-19)21(25)22-14-11-17-7-3-1-4-8-17/h1-10,19-20,24H,11-16H2,(H,22,25). The average Bonchev–Trinajstić information content (AvgIpc) is 2.69. The number of aliphatic hydroxyl groups excluding tert-OH is 1. The van der Waals surface area contributed by atoms with Crippen molar-refractivity contribution in [2.24, 2.45) is 5.92 Å². The lowest BCUT2D eigenvalue weighted by Gasteiger charge is -2.34. The van der Waals surface area contributed by atoms with Crippen LogP contribution in [0.4, 0.5) is 4.79 Å². The first-order valence-electron chi connectivity index (χ1n) is 9.04. The number of piperidine rings is 1. The highest BCUT2D eigenvalue weighted by molar-refractivity contribution is 5.74. The summed E-state index contributed by atoms with van der Waals surface area (Å²) in [6, 6.07) is 20.0. The van der Waals surface area contributed by atoms with Gasteiger partial charge in [0.2, 0.25) is 0 Å². The van der Waals surface area contributed by atoms with Crippen molar-refractivity contribution in [3.8, 4) is 0 Å². The lowest BCUT2D eigenvalue weighted by Crippen LogP contribution is -2.45. The lowest BCUT2D eigenvalue weighted by atomic mass is 9.87. The van der Waals surface area contributed by atoms with Crippen LogP contribution in [0.15, 0.2) is 60.7 Å². The van der Waals surface area contributed by atoms with E-state index in [0.29, 0.717) is 19.6 Å². The fourth-order valence-corrected chi connectivity index (χ4v) is 3.41. The minimum Gasteiger partial charge on any atom is -0.388 e. The summed E-state index contributed by atoms with van der Waals surface area (Å²) in [7, 11) is 0. The molecule has 0 spiro atoms. The van der Waals surface area contributed by atoms with E-state index in [0.717, 1.165) is 24.8 Å². The molecule has 25 heavy (non-hydrogen) atoms. The summed E-state index contributed by atoms with van der Waals surface area (Å²) in [6.07, 6.45) is 2.07. The van der Waals surface area contributed by atoms with Gasteiger partial charge in [0.15, 0.2) is 0 Å². The maximum absolute atomic E-state index is 12.3. The Morgan fingerprint density at radius 1 is 1.04 bits per heavy atom. The Bertz CT molecular complexity index is 652. The first kappa shape index (κ1) is 17.5. The molecule has 0 aliphatic carbocycles. The second-order valence-electron chi connectivity index (χ2n) is 6.65. The highest BCUT2D eigenvalue weighted by atomic mass is 16.3. The van der Waals surface area contributed by atoms with Gasteiger partial charge in [0.25, 0.3) is 0 Å². The van der Waals surface area contributed by atoms with E-state index >= 15 is 0 Å². The number of nitrogens with one attached hydrogen (secondary N) is 1. The molecule has 2 amide bonds. The number of likely N-dealkylation sites (tertiary alicyclic amines) is 1. The van der Waals surface area contributed by atoms with Crippen molar-refractivity contribution in [1.82, 2.24) is 10.2 Å². The first-order chi connectivity index (χ1) is 12.2. The van der Waals surface area contributed by atoms with Crippen molar-refractivity contribution < 1.29 is 9.90 Å². The van der Waals surface area contributed by atoms with E-state index in [-0.39, 0.29) is 11.9 Å². The largest absolute Gasteiger partial charge is 0.388 e. The average molecular weight is 338 g/mol. The molecule has 1 atom stereocenters. The summed E-state index contributed by atoms with van der Waals surface area (Å²) in [5.41, 5.74) is 2.20. The molecule has 3 rings (SSSR count). The van der Waals surface area contributed by atoms with Gasteiger partial charge >= 0.3 is 6.03 Å². The highest BCUT2D eigenvalue weighted by Gasteiger charge is 2.28. The number of benzene rings is 2. The third-order valence-electron chi connectivity index (χ3n) is 4.95. The fraction of sp³-hybridized carbons (Fsp3) is 0.381. The van der Waals surface area contributed by atoms with Crippen LogP contribution in [0.5, 0.6) is 0 Å². The van der Waals surface area contributed by atoms with Crippen LogP contribution in [0.25, 0.3) is 0 Å². The van der Waals surface area contributed by atoms with E-state index in [9.17, 15) is 9.90 Å². The predicted molar refractivity (Wildman–Crippen MR) is 99.2 cm³/mol. The molecule has 1 heterocycles. The third kappa shape index (κ3) is 4.83. The van der Waals surface area contributed by atoms with Gasteiger partial charge in [0.1, 0.15) is 0 Å². The molecule has 2 N–H and O–H groups in total. The molecule has 4 heteroatoms. The predicted octanol–water partition coefficient (Wildman–Crippen LogP) is 3.38. The maximum atomic E-state index is 12.3. The van der Waals surface area contributed by atoms with Crippen LogP contribution >= 0.6 is 0 Å². The van der Waals surface area contributed by atoms with Gasteiger partial charge in [0, 0.05) is 19.6 Å². The normalized spacial score (nSPS) is 16.4. The fourth-order valence-electron chi connectivity index (χ4n) is 3.41. The quantitative estimate of drug-likeness (QED) is 0.878. The Labute approximate surface area is 149 Å². The maximum Gasteiger partial charge on any atom is 0.317 e. The lowest BCUT2D eigenvalue weighted by molar-refractivity contribution is 0.0666. The summed E-state index contributed by atoms with van der Waals surface area (Å²) in [5.74, 6) is 0.218. The molecule has 0 radical (unpaired) electrons. The molecular formula is C21H26N2O2. The van der Waals surface area contributed by atoms with Crippen molar-refractivity contribution in [1.29, 1.82) is 0 Å². The minimum atomic E-state index is -0.440. The van der Waals surface area contributed by atoms with Crippen LogP contribution in [0.1, 0.15) is 30.1 Å². The Kier molecular flexibility index (Phi) is 6.07. The second-order valence-corrected chi connectivity index (χ2v) is 6.65. The number of nitrogens with zero attached hydrogens (tertiary/aromatic N) is 1. The molecule has 0 saturated carbocycles. The van der Waals surface area contributed by atoms with E-state index < -0.39 is 6.10 Å². The van der Waals surface area contributed by atoms with Crippen LogP contribution in [0, 0.1) is 5.92 Å². The number of aliphatic hydroxyl groups is 1. The first-order valence-corrected chi connectivity index (χ1v) is 9.04. The summed E-state index contributed by atoms with van der Waals surface area (Å²) < 4.78 is 0. The van der Waals surface area contributed by atoms with Crippen LogP contribution in [0.2, 0.25) is 0 Å². The SMILES string of the molecule is O=C(NCCc1ccccc1)N1CCC(C(O)c2ccccc2)CC1. The van der Waals surface area contributed by atoms with E-state index in [1.54, 1.807) is 0 Å². The Morgan fingerprint density at radius 2 is 1.64 bits per heavy atom. The number of carbonyl (C=O) groups excluding carboxylic acids is 1. The molecule has 2 aromatic rings. The van der Waals surface area contributed by atoms with Crippen molar-refractivity contribution in [3.63, 3.8) is 0 Å².